The van der Waals surface area contributed by atoms with Crippen molar-refractivity contribution >= 4 is 12.1 Å². The lowest BCUT2D eigenvalue weighted by Crippen LogP contribution is -2.30. The van der Waals surface area contributed by atoms with E-state index in [-0.39, 0.29) is 25.7 Å². The SMILES string of the molecule is COc1cc(OCNC(=O)OCC2c3ccccc3-c3ccccc32)ccc1CC(Oc1ccccc1)C(=O)O. The number of ether oxygens (including phenoxy) is 4. The van der Waals surface area contributed by atoms with Crippen molar-refractivity contribution in [2.75, 3.05) is 20.4 Å². The molecule has 0 spiro atoms. The van der Waals surface area contributed by atoms with Crippen LogP contribution in [0.4, 0.5) is 4.79 Å². The smallest absolute Gasteiger partial charge is 0.409 e. The first-order valence-electron chi connectivity index (χ1n) is 12.9. The third kappa shape index (κ3) is 6.02. The van der Waals surface area contributed by atoms with E-state index in [0.717, 1.165) is 22.3 Å². The summed E-state index contributed by atoms with van der Waals surface area (Å²) in [7, 11) is 1.49. The summed E-state index contributed by atoms with van der Waals surface area (Å²) in [4.78, 5) is 24.2. The maximum absolute atomic E-state index is 12.4. The summed E-state index contributed by atoms with van der Waals surface area (Å²) >= 11 is 0. The summed E-state index contributed by atoms with van der Waals surface area (Å²) in [6.07, 6.45) is -1.60. The number of hydrogen-bond donors (Lipinski definition) is 2. The molecule has 1 aliphatic rings. The molecule has 1 unspecified atom stereocenters. The van der Waals surface area contributed by atoms with E-state index in [0.29, 0.717) is 22.8 Å². The van der Waals surface area contributed by atoms with Crippen LogP contribution in [-0.4, -0.2) is 43.7 Å². The van der Waals surface area contributed by atoms with Crippen molar-refractivity contribution in [1.82, 2.24) is 5.32 Å². The molecule has 0 saturated carbocycles. The third-order valence-corrected chi connectivity index (χ3v) is 6.76. The molecule has 4 aromatic rings. The Labute approximate surface area is 232 Å². The van der Waals surface area contributed by atoms with E-state index in [4.69, 9.17) is 18.9 Å². The van der Waals surface area contributed by atoms with Crippen molar-refractivity contribution in [3.8, 4) is 28.4 Å². The summed E-state index contributed by atoms with van der Waals surface area (Å²) in [5.74, 6) is 0.236. The van der Waals surface area contributed by atoms with E-state index in [1.54, 1.807) is 42.5 Å². The van der Waals surface area contributed by atoms with Crippen molar-refractivity contribution in [1.29, 1.82) is 0 Å². The maximum atomic E-state index is 12.4. The molecule has 0 aliphatic heterocycles. The number of aliphatic carboxylic acids is 1. The number of methoxy groups -OCH3 is 1. The minimum atomic E-state index is -1.10. The number of carbonyl (C=O) groups excluding carboxylic acids is 1. The van der Waals surface area contributed by atoms with Crippen LogP contribution in [0.2, 0.25) is 0 Å². The molecular weight excluding hydrogens is 510 g/mol. The number of carbonyl (C=O) groups is 2. The molecule has 5 rings (SSSR count). The summed E-state index contributed by atoms with van der Waals surface area (Å²) in [6, 6.07) is 30.1. The molecule has 0 heterocycles. The third-order valence-electron chi connectivity index (χ3n) is 6.76. The maximum Gasteiger partial charge on any atom is 0.409 e. The van der Waals surface area contributed by atoms with Gasteiger partial charge < -0.3 is 24.1 Å². The van der Waals surface area contributed by atoms with E-state index in [2.05, 4.69) is 29.6 Å². The quantitative estimate of drug-likeness (QED) is 0.238. The van der Waals surface area contributed by atoms with Gasteiger partial charge in [-0.25, -0.2) is 9.59 Å². The van der Waals surface area contributed by atoms with Gasteiger partial charge in [-0.15, -0.1) is 0 Å². The van der Waals surface area contributed by atoms with Gasteiger partial charge >= 0.3 is 12.1 Å². The molecule has 204 valence electrons. The second kappa shape index (κ2) is 12.3. The number of carboxylic acids is 1. The Morgan fingerprint density at radius 2 is 1.50 bits per heavy atom. The van der Waals surface area contributed by atoms with Crippen molar-refractivity contribution in [2.45, 2.75) is 18.4 Å². The van der Waals surface area contributed by atoms with Crippen LogP contribution in [0.1, 0.15) is 22.6 Å². The van der Waals surface area contributed by atoms with Gasteiger partial charge in [-0.1, -0.05) is 72.8 Å². The lowest BCUT2D eigenvalue weighted by atomic mass is 9.98. The highest BCUT2D eigenvalue weighted by atomic mass is 16.6. The van der Waals surface area contributed by atoms with Gasteiger partial charge in [0.25, 0.3) is 0 Å². The predicted molar refractivity (Wildman–Crippen MR) is 149 cm³/mol. The zero-order valence-electron chi connectivity index (χ0n) is 21.9. The first-order valence-corrected chi connectivity index (χ1v) is 12.9. The first-order chi connectivity index (χ1) is 19.5. The molecule has 1 amide bonds. The Bertz CT molecular complexity index is 1440. The van der Waals surface area contributed by atoms with Crippen molar-refractivity contribution in [3.05, 3.63) is 114 Å². The number of amides is 1. The van der Waals surface area contributed by atoms with E-state index in [1.807, 2.05) is 30.3 Å². The van der Waals surface area contributed by atoms with E-state index < -0.39 is 18.2 Å². The van der Waals surface area contributed by atoms with Crippen LogP contribution in [0.5, 0.6) is 17.2 Å². The van der Waals surface area contributed by atoms with Gasteiger partial charge in [0.2, 0.25) is 0 Å². The number of nitrogens with one attached hydrogen (secondary N) is 1. The Kier molecular flexibility index (Phi) is 8.15. The van der Waals surface area contributed by atoms with Crippen LogP contribution in [0.15, 0.2) is 97.1 Å². The lowest BCUT2D eigenvalue weighted by Gasteiger charge is -2.18. The normalized spacial score (nSPS) is 12.5. The highest BCUT2D eigenvalue weighted by Gasteiger charge is 2.29. The van der Waals surface area contributed by atoms with Crippen LogP contribution in [0, 0.1) is 0 Å². The van der Waals surface area contributed by atoms with E-state index in [9.17, 15) is 14.7 Å². The lowest BCUT2D eigenvalue weighted by molar-refractivity contribution is -0.145. The molecule has 1 aliphatic carbocycles. The molecule has 0 saturated heterocycles. The molecule has 1 atom stereocenters. The first kappa shape index (κ1) is 26.6. The van der Waals surface area contributed by atoms with Gasteiger partial charge in [0.1, 0.15) is 23.9 Å². The topological polar surface area (TPSA) is 103 Å². The van der Waals surface area contributed by atoms with Crippen molar-refractivity contribution in [3.63, 3.8) is 0 Å². The number of rotatable bonds is 11. The monoisotopic (exact) mass is 539 g/mol. The molecule has 4 aromatic carbocycles. The fourth-order valence-corrected chi connectivity index (χ4v) is 4.85. The molecule has 40 heavy (non-hydrogen) atoms. The molecule has 0 aromatic heterocycles. The van der Waals surface area contributed by atoms with Gasteiger partial charge in [0.05, 0.1) is 7.11 Å². The molecule has 0 bridgehead atoms. The van der Waals surface area contributed by atoms with Gasteiger partial charge in [0.15, 0.2) is 12.8 Å². The van der Waals surface area contributed by atoms with Gasteiger partial charge in [-0.05, 0) is 46.0 Å². The highest BCUT2D eigenvalue weighted by molar-refractivity contribution is 5.79. The minimum Gasteiger partial charge on any atom is -0.496 e. The van der Waals surface area contributed by atoms with Gasteiger partial charge in [-0.3, -0.25) is 5.32 Å². The van der Waals surface area contributed by atoms with Gasteiger partial charge in [0, 0.05) is 18.4 Å². The predicted octanol–water partition coefficient (Wildman–Crippen LogP) is 5.64. The van der Waals surface area contributed by atoms with Gasteiger partial charge in [-0.2, -0.15) is 0 Å². The minimum absolute atomic E-state index is 0.0311. The fraction of sp³-hybridized carbons (Fsp3) is 0.188. The number of fused-ring (bicyclic) bond motifs is 3. The molecular formula is C32H29NO7. The number of alkyl carbamates (subject to hydrolysis) is 1. The average Bonchev–Trinajstić information content (AvgIpc) is 3.30. The molecule has 8 nitrogen and oxygen atoms in total. The fourth-order valence-electron chi connectivity index (χ4n) is 4.85. The second-order valence-corrected chi connectivity index (χ2v) is 9.23. The number of carboxylic acid groups (broad SMARTS) is 1. The van der Waals surface area contributed by atoms with Crippen molar-refractivity contribution < 1.29 is 33.6 Å². The van der Waals surface area contributed by atoms with Crippen LogP contribution < -0.4 is 19.5 Å². The Morgan fingerprint density at radius 3 is 2.15 bits per heavy atom. The zero-order chi connectivity index (χ0) is 27.9. The molecule has 8 heteroatoms. The summed E-state index contributed by atoms with van der Waals surface area (Å²) in [5, 5.41) is 12.3. The van der Waals surface area contributed by atoms with Crippen LogP contribution in [-0.2, 0) is 16.0 Å². The summed E-state index contributed by atoms with van der Waals surface area (Å²) < 4.78 is 22.3. The Balaban J connectivity index is 1.14. The van der Waals surface area contributed by atoms with Crippen LogP contribution >= 0.6 is 0 Å². The molecule has 0 radical (unpaired) electrons. The summed E-state index contributed by atoms with van der Waals surface area (Å²) in [5.41, 5.74) is 5.24. The molecule has 0 fully saturated rings. The zero-order valence-corrected chi connectivity index (χ0v) is 21.9. The highest BCUT2D eigenvalue weighted by Crippen LogP contribution is 2.44. The second-order valence-electron chi connectivity index (χ2n) is 9.23. The standard InChI is InChI=1S/C32H29NO7/c1-37-29-18-23(16-15-21(29)17-30(31(34)35)40-22-9-3-2-4-10-22)39-20-33-32(36)38-19-28-26-13-7-5-11-24(26)25-12-6-8-14-27(25)28/h2-16,18,28,30H,17,19-20H2,1H3,(H,33,36)(H,34,35). The van der Waals surface area contributed by atoms with E-state index in [1.165, 1.54) is 7.11 Å². The van der Waals surface area contributed by atoms with Crippen LogP contribution in [0.3, 0.4) is 0 Å². The number of para-hydroxylation sites is 1. The number of hydrogen-bond acceptors (Lipinski definition) is 6. The van der Waals surface area contributed by atoms with Crippen molar-refractivity contribution in [2.24, 2.45) is 0 Å². The largest absolute Gasteiger partial charge is 0.496 e. The van der Waals surface area contributed by atoms with E-state index >= 15 is 0 Å². The Hall–Kier alpha value is -4.98. The average molecular weight is 540 g/mol. The number of benzene rings is 4. The van der Waals surface area contributed by atoms with Crippen LogP contribution in [0.25, 0.3) is 11.1 Å². The molecule has 2 N–H and O–H groups in total. The Morgan fingerprint density at radius 1 is 0.850 bits per heavy atom. The summed E-state index contributed by atoms with van der Waals surface area (Å²) in [6.45, 7) is 0.0895.